The second-order valence-electron chi connectivity index (χ2n) is 34.7. The minimum Gasteiger partial charge on any atom is -0.508 e. The highest BCUT2D eigenvalue weighted by molar-refractivity contribution is 8.00. The molecule has 0 unspecified atom stereocenters. The molecule has 1 aromatic heterocycles. The number of halogens is 2. The van der Waals surface area contributed by atoms with Gasteiger partial charge in [0.2, 0.25) is 88.6 Å². The number of nitrogens with zero attached hydrogens (tertiary/aromatic N) is 5. The number of thioether (sulfide) groups is 1. The summed E-state index contributed by atoms with van der Waals surface area (Å²) in [6.07, 6.45) is -4.63. The van der Waals surface area contributed by atoms with Crippen molar-refractivity contribution >= 4 is 117 Å². The third-order valence-corrected chi connectivity index (χ3v) is 24.7. The highest BCUT2D eigenvalue weighted by atomic mass is 32.2. The van der Waals surface area contributed by atoms with Crippen LogP contribution in [0.25, 0.3) is 10.9 Å². The highest BCUT2D eigenvalue weighted by Crippen LogP contribution is 2.29. The first-order valence-corrected chi connectivity index (χ1v) is 45.5. The van der Waals surface area contributed by atoms with E-state index < -0.39 is 266 Å². The van der Waals surface area contributed by atoms with Crippen molar-refractivity contribution in [2.75, 3.05) is 58.8 Å². The van der Waals surface area contributed by atoms with Gasteiger partial charge in [0.25, 0.3) is 0 Å². The first kappa shape index (κ1) is 104. The van der Waals surface area contributed by atoms with Gasteiger partial charge in [-0.25, -0.2) is 8.78 Å². The molecule has 40 heteroatoms. The maximum atomic E-state index is 15.7. The number of phenolic OH excluding ortho intramolecular Hbond substituents is 1. The van der Waals surface area contributed by atoms with E-state index in [1.807, 2.05) is 0 Å². The number of nitrogens with one attached hydrogen (secondary N) is 10. The van der Waals surface area contributed by atoms with Gasteiger partial charge in [0.15, 0.2) is 11.6 Å². The van der Waals surface area contributed by atoms with Gasteiger partial charge in [-0.2, -0.15) is 0 Å². The van der Waals surface area contributed by atoms with Crippen LogP contribution >= 0.6 is 11.8 Å². The van der Waals surface area contributed by atoms with Gasteiger partial charge < -0.3 is 109 Å². The normalized spacial score (nSPS) is 24.7. The summed E-state index contributed by atoms with van der Waals surface area (Å²) in [6.45, 7) is 6.46. The summed E-state index contributed by atoms with van der Waals surface area (Å²) >= 11 is 0.712. The van der Waals surface area contributed by atoms with E-state index in [4.69, 9.17) is 11.5 Å². The summed E-state index contributed by atoms with van der Waals surface area (Å²) < 4.78 is 29.8. The Balaban J connectivity index is 1.14. The third kappa shape index (κ3) is 29.0. The van der Waals surface area contributed by atoms with Gasteiger partial charge in [0.05, 0.1) is 30.9 Å². The number of hydrogen-bond donors (Lipinski definition) is 16. The Morgan fingerprint density at radius 3 is 1.62 bits per heavy atom. The molecule has 4 heterocycles. The van der Waals surface area contributed by atoms with Crippen LogP contribution in [0, 0.1) is 23.5 Å². The van der Waals surface area contributed by atoms with Gasteiger partial charge in [-0.15, -0.1) is 11.8 Å². The van der Waals surface area contributed by atoms with Crippen molar-refractivity contribution in [3.8, 4) is 5.75 Å². The maximum absolute atomic E-state index is 15.7. The molecule has 133 heavy (non-hydrogen) atoms. The number of aliphatic hydroxyl groups excluding tert-OH is 2. The lowest BCUT2D eigenvalue weighted by molar-refractivity contribution is -0.152. The number of carbonyl (C=O) groups is 16. The number of unbranched alkanes of at least 4 members (excludes halogenated alkanes) is 1. The van der Waals surface area contributed by atoms with Crippen LogP contribution in [0.1, 0.15) is 120 Å². The molecule has 0 radical (unpaired) electrons. The lowest BCUT2D eigenvalue weighted by Crippen LogP contribution is -2.62. The molecule has 0 saturated carbocycles. The Labute approximate surface area is 772 Å². The van der Waals surface area contributed by atoms with E-state index in [1.54, 1.807) is 112 Å². The molecule has 0 bridgehead atoms. The lowest BCUT2D eigenvalue weighted by atomic mass is 9.98. The number of aliphatic carboxylic acids is 1. The molecule has 18 N–H and O–H groups in total. The number of likely N-dealkylation sites (N-methyl/N-ethyl adjacent to an activating group) is 3. The number of carboxylic acids is 1. The Kier molecular flexibility index (Phi) is 38.2. The van der Waals surface area contributed by atoms with Crippen molar-refractivity contribution in [2.24, 2.45) is 23.3 Å². The number of carboxylic acid groups (broad SMARTS) is 1. The van der Waals surface area contributed by atoms with E-state index in [9.17, 15) is 53.6 Å². The lowest BCUT2D eigenvalue weighted by Gasteiger charge is -2.38. The Bertz CT molecular complexity index is 5140. The monoisotopic (exact) mass is 1870 g/mol. The fourth-order valence-corrected chi connectivity index (χ4v) is 17.3. The highest BCUT2D eigenvalue weighted by Gasteiger charge is 2.48. The predicted molar refractivity (Wildman–Crippen MR) is 485 cm³/mol. The van der Waals surface area contributed by atoms with Crippen molar-refractivity contribution < 1.29 is 106 Å². The standard InChI is InChI=1S/C93H121F2N17O20S/c1-9-10-27-72-92(131)112-48-60(115)43-75(112)88(127)105-69(44-79(118)119)85(124)107-80(52(4)5)93(132)109(7)73(39-53-20-13-11-14-21-53)86(125)101-65(26-19-34-96)90(129)111-47-59(114)42-74(111)87(126)104-68(41-57-45-98-64-25-18-17-24-61(57)64)84(123)103-67(37-55-28-31-58(113)32-29-55)83(122)102-66(35-51(2)3)82(121)106-71(81(120)99-46-77(97)116)49-133-50-78(117)100-70(38-56-30-33-62(94)63(95)36-56)89(128)110(8)76(91(130)108(72)6)40-54-22-15-12-16-23-54/h11-18,20-25,28-33,36,45,51-52,59-60,65-76,80,98,113-115H,9-10,19,26-27,34-35,37-44,46-50,96H2,1-8H3,(H2,97,116)(H,99,120)(H,100,117)(H,101,125)(H,102,122)(H,103,123)(H,104,126)(H,105,127)(H,106,121)(H,107,124)(H,118,119)/t59-,60-,65+,66-,67+,68+,69+,70-,71+,72+,73-,74-,75-,76+,80+/m1/s1. The number of benzene rings is 5. The SMILES string of the molecule is CCCC[C@H]1C(=O)N2C[C@H](O)C[C@@H]2C(=O)N[C@@H](CC(=O)O)C(=O)N[C@@H](C(C)C)C(=O)N(C)[C@H](Cc2ccccc2)C(=O)N[C@@H](CCCN)C(=O)N2C[C@H](O)C[C@@H]2C(=O)N[C@@H](Cc2c[nH]c3ccccc23)C(=O)N[C@@H](Cc2ccc(O)cc2)C(=O)N[C@H](CC(C)C)C(=O)N[C@H](C(=O)NCC(N)=O)CSCC(=O)N[C@H](Cc2ccc(F)c(F)c2)C(=O)N(C)[C@@H](Cc2ccccc2)C(=O)N1C. The molecular formula is C93H121F2N17O20S. The molecule has 6 aromatic rings. The molecule has 3 aliphatic rings. The van der Waals surface area contributed by atoms with Crippen molar-refractivity contribution in [3.05, 3.63) is 173 Å². The molecule has 37 nitrogen and oxygen atoms in total. The van der Waals surface area contributed by atoms with Crippen LogP contribution in [0.5, 0.6) is 5.75 Å². The number of primary amides is 1. The summed E-state index contributed by atoms with van der Waals surface area (Å²) in [6, 6.07) is 10.6. The van der Waals surface area contributed by atoms with Crippen LogP contribution in [0.3, 0.4) is 0 Å². The zero-order chi connectivity index (χ0) is 97.2. The fraction of sp³-hybridized carbons (Fsp3) is 0.484. The predicted octanol–water partition coefficient (Wildman–Crippen LogP) is 0.402. The van der Waals surface area contributed by atoms with E-state index in [1.165, 1.54) is 59.3 Å². The summed E-state index contributed by atoms with van der Waals surface area (Å²) in [4.78, 5) is 246. The Hall–Kier alpha value is -13.0. The summed E-state index contributed by atoms with van der Waals surface area (Å²) in [5, 5.41) is 67.9. The number of para-hydroxylation sites is 1. The summed E-state index contributed by atoms with van der Waals surface area (Å²) in [5.74, 6) is -21.7. The molecule has 9 rings (SSSR count). The van der Waals surface area contributed by atoms with Crippen molar-refractivity contribution in [1.29, 1.82) is 0 Å². The van der Waals surface area contributed by atoms with E-state index in [0.29, 0.717) is 51.3 Å². The van der Waals surface area contributed by atoms with Crippen LogP contribution in [0.15, 0.2) is 134 Å². The van der Waals surface area contributed by atoms with Gasteiger partial charge in [0, 0.05) is 102 Å². The number of fused-ring (bicyclic) bond motifs is 3. The van der Waals surface area contributed by atoms with Gasteiger partial charge >= 0.3 is 5.97 Å². The second-order valence-corrected chi connectivity index (χ2v) is 35.7. The van der Waals surface area contributed by atoms with Crippen LogP contribution in [0.2, 0.25) is 0 Å². The number of hydrogen-bond acceptors (Lipinski definition) is 21. The average Bonchev–Trinajstić information content (AvgIpc) is 1.76. The van der Waals surface area contributed by atoms with Crippen LogP contribution in [-0.4, -0.2) is 294 Å². The first-order chi connectivity index (χ1) is 63.2. The molecular weight excluding hydrogens is 1750 g/mol. The first-order valence-electron chi connectivity index (χ1n) is 44.3. The molecule has 15 atom stereocenters. The van der Waals surface area contributed by atoms with E-state index in [0.717, 1.165) is 42.7 Å². The molecule has 718 valence electrons. The second kappa shape index (κ2) is 49.0. The minimum atomic E-state index is -2.02. The van der Waals surface area contributed by atoms with Crippen molar-refractivity contribution in [2.45, 2.75) is 215 Å². The molecule has 15 amide bonds. The number of aromatic nitrogens is 1. The van der Waals surface area contributed by atoms with E-state index in [2.05, 4.69) is 52.8 Å². The van der Waals surface area contributed by atoms with E-state index >= 15 is 52.3 Å². The number of H-pyrrole nitrogens is 1. The molecule has 5 aromatic carbocycles. The van der Waals surface area contributed by atoms with Gasteiger partial charge in [0.1, 0.15) is 84.3 Å². The zero-order valence-electron chi connectivity index (χ0n) is 75.5. The van der Waals surface area contributed by atoms with Crippen LogP contribution in [0.4, 0.5) is 8.78 Å². The summed E-state index contributed by atoms with van der Waals surface area (Å²) in [5.41, 5.74) is 13.9. The zero-order valence-corrected chi connectivity index (χ0v) is 76.4. The molecule has 3 aliphatic heterocycles. The van der Waals surface area contributed by atoms with Crippen molar-refractivity contribution in [1.82, 2.24) is 77.3 Å². The quantitative estimate of drug-likeness (QED) is 0.0390. The number of amides is 15. The molecule has 3 fully saturated rings. The topological polar surface area (TPSA) is 546 Å². The number of rotatable bonds is 24. The largest absolute Gasteiger partial charge is 0.508 e. The number of nitrogens with two attached hydrogens (primary N) is 2. The molecule has 0 aliphatic carbocycles. The Morgan fingerprint density at radius 2 is 1.04 bits per heavy atom. The maximum Gasteiger partial charge on any atom is 0.305 e. The molecule has 0 spiro atoms. The number of aromatic hydroxyl groups is 1. The van der Waals surface area contributed by atoms with Crippen LogP contribution < -0.4 is 59.3 Å². The van der Waals surface area contributed by atoms with Crippen molar-refractivity contribution in [3.63, 3.8) is 0 Å². The van der Waals surface area contributed by atoms with Crippen LogP contribution in [-0.2, 0) is 109 Å². The van der Waals surface area contributed by atoms with Gasteiger partial charge in [-0.05, 0) is 102 Å². The van der Waals surface area contributed by atoms with E-state index in [-0.39, 0.29) is 75.6 Å². The Morgan fingerprint density at radius 1 is 0.519 bits per heavy atom. The van der Waals surface area contributed by atoms with Gasteiger partial charge in [-0.3, -0.25) is 76.7 Å². The number of aliphatic hydroxyl groups is 2. The number of carbonyl (C=O) groups excluding carboxylic acids is 15. The fourth-order valence-electron chi connectivity index (χ4n) is 16.5. The average molecular weight is 1870 g/mol. The smallest absolute Gasteiger partial charge is 0.305 e. The van der Waals surface area contributed by atoms with Gasteiger partial charge in [-0.1, -0.05) is 145 Å². The molecule has 3 saturated heterocycles. The minimum absolute atomic E-state index is 0.0251. The number of aromatic amines is 1. The number of phenols is 1. The summed E-state index contributed by atoms with van der Waals surface area (Å²) in [7, 11) is 3.76. The third-order valence-electron chi connectivity index (χ3n) is 23.7.